The van der Waals surface area contributed by atoms with Gasteiger partial charge < -0.3 is 28.7 Å². The zero-order valence-corrected chi connectivity index (χ0v) is 71.4. The first kappa shape index (κ1) is 90.7. The van der Waals surface area contributed by atoms with Crippen LogP contribution in [0, 0.1) is 69.0 Å². The maximum absolute atomic E-state index is 14.9. The molecule has 648 valence electrons. The molecule has 2 saturated heterocycles. The summed E-state index contributed by atoms with van der Waals surface area (Å²) in [6.07, 6.45) is 4.12. The van der Waals surface area contributed by atoms with Crippen molar-refractivity contribution in [3.8, 4) is 23.3 Å². The Balaban J connectivity index is 0.000000231. The van der Waals surface area contributed by atoms with E-state index in [0.29, 0.717) is 99.7 Å². The minimum absolute atomic E-state index is 0.00972. The summed E-state index contributed by atoms with van der Waals surface area (Å²) in [7, 11) is -8.04. The van der Waals surface area contributed by atoms with Crippen LogP contribution in [0.4, 0.5) is 26.3 Å². The number of ether oxygens (including phenoxy) is 4. The van der Waals surface area contributed by atoms with E-state index in [9.17, 15) is 81.5 Å². The van der Waals surface area contributed by atoms with Crippen LogP contribution < -0.4 is 28.4 Å². The van der Waals surface area contributed by atoms with Crippen LogP contribution >= 0.6 is 0 Å². The van der Waals surface area contributed by atoms with Crippen molar-refractivity contribution in [3.63, 3.8) is 0 Å². The van der Waals surface area contributed by atoms with E-state index in [1.54, 1.807) is 26.2 Å². The quantitative estimate of drug-likeness (QED) is 0.0486. The first-order valence-corrected chi connectivity index (χ1v) is 44.8. The number of benzene rings is 2. The van der Waals surface area contributed by atoms with Crippen molar-refractivity contribution >= 4 is 88.4 Å². The predicted molar refractivity (Wildman–Crippen MR) is 432 cm³/mol. The van der Waals surface area contributed by atoms with Crippen LogP contribution in [0.2, 0.25) is 0 Å². The second kappa shape index (κ2) is 35.2. The van der Waals surface area contributed by atoms with Crippen molar-refractivity contribution in [3.05, 3.63) is 85.2 Å². The lowest BCUT2D eigenvalue weighted by Crippen LogP contribution is -2.48. The molecule has 4 aliphatic heterocycles. The van der Waals surface area contributed by atoms with Gasteiger partial charge in [-0.1, -0.05) is 130 Å². The minimum atomic E-state index is -4.64. The average Bonchev–Trinajstić information content (AvgIpc) is 1.57. The van der Waals surface area contributed by atoms with Gasteiger partial charge in [0.1, 0.15) is 35.3 Å². The summed E-state index contributed by atoms with van der Waals surface area (Å²) in [5, 5.41) is 2.81. The summed E-state index contributed by atoms with van der Waals surface area (Å²) < 4.78 is 164. The van der Waals surface area contributed by atoms with Crippen molar-refractivity contribution < 1.29 is 100 Å². The second-order valence-electron chi connectivity index (χ2n) is 37.1. The number of carbonyl (C=O) groups is 8. The molecule has 4 amide bonds. The van der Waals surface area contributed by atoms with Crippen LogP contribution in [0.15, 0.2) is 85.2 Å². The van der Waals surface area contributed by atoms with Crippen molar-refractivity contribution in [2.24, 2.45) is 69.0 Å². The van der Waals surface area contributed by atoms with Crippen LogP contribution in [0.25, 0.3) is 21.5 Å². The standard InChI is InChI=1S/2C44H58F3N3O8S/c2*1-7-18-57-37-25-48-38(33-15-11-10-14-32(33)37)58-31-21-35-36(52)24-43(40(54)49-59(55,56)42(6)16-17-42)22-29(43)13-9-8-12-27(2)19-28(3)34(39(53)50(35)26-31)20-30(51)23-41(4,5)44(45,46)47/h2*9-11,13-15,25,27-29,31,34-35H,7-8,12,16-24,26H2,1-6H3,(H,49,54)/b2*13-9-/t27-,28+,29+,31+,34-,35-,43+;27-,28-,29-,31-,34+,35+,43-/m01/s1. The number of carbonyl (C=O) groups excluding carboxylic acids is 8. The number of allylic oxidation sites excluding steroid dienone is 4. The van der Waals surface area contributed by atoms with Gasteiger partial charge in [0.25, 0.3) is 0 Å². The molecule has 8 aliphatic rings. The number of hydrogen-bond donors (Lipinski definition) is 2. The van der Waals surface area contributed by atoms with Crippen LogP contribution in [0.5, 0.6) is 23.3 Å². The number of fused-ring (bicyclic) bond motifs is 6. The second-order valence-corrected chi connectivity index (χ2v) is 41.5. The molecule has 12 rings (SSSR count). The number of nitrogens with one attached hydrogen (secondary N) is 2. The van der Waals surface area contributed by atoms with Gasteiger partial charge >= 0.3 is 12.4 Å². The highest BCUT2D eigenvalue weighted by atomic mass is 32.2. The molecule has 6 fully saturated rings. The Morgan fingerprint density at radius 3 is 1.21 bits per heavy atom. The SMILES string of the molecule is CCCOc1cnc(O[C@@H]2C[C@H]3C(=O)C[C@]4(C(=O)NS(=O)(=O)C5(C)CC5)C[C@H]4/C=C\CC[C@@H](C)C[C@@H](C)[C@H](CC(=O)CC(C)(C)C(F)(F)F)C(=O)N3C2)c2ccccc12.CCCOc1cnc(O[C@@H]2C[C@H]3C(=O)C[C@]4(C(=O)NS(=O)(=O)C5(C)CC5)C[C@H]4/C=C\CC[C@H](C)C[C@@H](C)[C@H](CC(=O)CC(C)(C)C(F)(F)F)C(=O)N3C2)c2ccccc12. The van der Waals surface area contributed by atoms with Gasteiger partial charge in [0.15, 0.2) is 11.6 Å². The Morgan fingerprint density at radius 1 is 0.534 bits per heavy atom. The number of Topliss-reactive ketones (excluding diaryl/α,β-unsaturated/α-hetero) is 4. The summed E-state index contributed by atoms with van der Waals surface area (Å²) >= 11 is 0. The van der Waals surface area contributed by atoms with Gasteiger partial charge in [0.2, 0.25) is 55.4 Å². The van der Waals surface area contributed by atoms with E-state index in [2.05, 4.69) is 19.4 Å². The molecule has 22 nitrogen and oxygen atoms in total. The van der Waals surface area contributed by atoms with Crippen LogP contribution in [0.3, 0.4) is 0 Å². The van der Waals surface area contributed by atoms with Crippen LogP contribution in [-0.4, -0.2) is 156 Å². The fraction of sp³-hybridized carbons (Fsp3) is 0.659. The first-order valence-electron chi connectivity index (χ1n) is 41.9. The number of alkyl halides is 6. The van der Waals surface area contributed by atoms with Gasteiger partial charge in [0.05, 0.1) is 81.9 Å². The number of aromatic nitrogens is 2. The molecule has 0 unspecified atom stereocenters. The maximum Gasteiger partial charge on any atom is 0.394 e. The number of sulfonamides is 2. The number of hydrogen-bond acceptors (Lipinski definition) is 18. The number of nitrogens with zero attached hydrogens (tertiary/aromatic N) is 4. The molecule has 0 bridgehead atoms. The summed E-state index contributed by atoms with van der Waals surface area (Å²) in [5.74, 6) is -6.91. The molecule has 2 N–H and O–H groups in total. The lowest BCUT2D eigenvalue weighted by molar-refractivity contribution is -0.213. The monoisotopic (exact) mass is 1690 g/mol. The fourth-order valence-corrected chi connectivity index (χ4v) is 20.1. The minimum Gasteiger partial charge on any atom is -0.491 e. The van der Waals surface area contributed by atoms with E-state index in [4.69, 9.17) is 18.9 Å². The Hall–Kier alpha value is -8.02. The predicted octanol–water partition coefficient (Wildman–Crippen LogP) is 15.8. The molecule has 14 atom stereocenters. The number of ketones is 4. The lowest BCUT2D eigenvalue weighted by atomic mass is 9.78. The molecular formula is C88H116F6N6O16S2. The molecule has 6 heterocycles. The largest absolute Gasteiger partial charge is 0.491 e. The zero-order valence-electron chi connectivity index (χ0n) is 69.8. The van der Waals surface area contributed by atoms with Crippen LogP contribution in [0.1, 0.15) is 224 Å². The molecular weight excluding hydrogens is 1580 g/mol. The van der Waals surface area contributed by atoms with Gasteiger partial charge in [-0.3, -0.25) is 47.8 Å². The summed E-state index contributed by atoms with van der Waals surface area (Å²) in [5.41, 5.74) is -7.34. The molecule has 4 aliphatic carbocycles. The Bertz CT molecular complexity index is 4460. The normalized spacial score (nSPS) is 29.4. The van der Waals surface area contributed by atoms with Gasteiger partial charge in [-0.2, -0.15) is 26.3 Å². The molecule has 2 aromatic carbocycles. The molecule has 0 spiro atoms. The highest BCUT2D eigenvalue weighted by Crippen LogP contribution is 2.60. The van der Waals surface area contributed by atoms with Crippen molar-refractivity contribution in [1.82, 2.24) is 29.2 Å². The summed E-state index contributed by atoms with van der Waals surface area (Å²) in [6.45, 7) is 19.4. The first-order chi connectivity index (χ1) is 55.2. The molecule has 118 heavy (non-hydrogen) atoms. The number of amides is 4. The fourth-order valence-electron chi connectivity index (χ4n) is 17.4. The molecule has 30 heteroatoms. The lowest BCUT2D eigenvalue weighted by Gasteiger charge is -2.33. The van der Waals surface area contributed by atoms with Crippen molar-refractivity contribution in [2.45, 2.75) is 270 Å². The van der Waals surface area contributed by atoms with Gasteiger partial charge in [-0.25, -0.2) is 26.8 Å². The zero-order chi connectivity index (χ0) is 86.3. The molecule has 0 radical (unpaired) electrons. The molecule has 2 aromatic heterocycles. The summed E-state index contributed by atoms with van der Waals surface area (Å²) in [6, 6.07) is 12.5. The third-order valence-corrected chi connectivity index (χ3v) is 30.5. The van der Waals surface area contributed by atoms with Crippen molar-refractivity contribution in [2.75, 3.05) is 26.3 Å². The van der Waals surface area contributed by atoms with E-state index in [-0.39, 0.29) is 75.2 Å². The van der Waals surface area contributed by atoms with Crippen LogP contribution in [-0.2, 0) is 58.4 Å². The number of halogens is 6. The summed E-state index contributed by atoms with van der Waals surface area (Å²) in [4.78, 5) is 126. The van der Waals surface area contributed by atoms with Gasteiger partial charge in [0, 0.05) is 84.7 Å². The molecule has 4 aromatic rings. The average molecular weight is 1690 g/mol. The highest BCUT2D eigenvalue weighted by Gasteiger charge is 2.65. The van der Waals surface area contributed by atoms with E-state index >= 15 is 0 Å². The smallest absolute Gasteiger partial charge is 0.394 e. The maximum atomic E-state index is 14.9. The Kier molecular flexibility index (Phi) is 27.1. The Labute approximate surface area is 688 Å². The highest BCUT2D eigenvalue weighted by molar-refractivity contribution is 7.92. The van der Waals surface area contributed by atoms with Gasteiger partial charge in [-0.15, -0.1) is 0 Å². The van der Waals surface area contributed by atoms with Gasteiger partial charge in [-0.05, 0) is 151 Å². The number of rotatable bonds is 24. The van der Waals surface area contributed by atoms with E-state index in [1.165, 1.54) is 9.80 Å². The number of pyridine rings is 2. The molecule has 4 saturated carbocycles. The third kappa shape index (κ3) is 20.1. The Morgan fingerprint density at radius 2 is 0.881 bits per heavy atom. The van der Waals surface area contributed by atoms with E-state index in [0.717, 1.165) is 51.3 Å². The van der Waals surface area contributed by atoms with Crippen molar-refractivity contribution in [1.29, 1.82) is 0 Å². The van der Waals surface area contributed by atoms with E-state index < -0.39 is 196 Å². The topological polar surface area (TPSA) is 298 Å². The third-order valence-electron chi connectivity index (χ3n) is 26.2. The van der Waals surface area contributed by atoms with E-state index in [1.807, 2.05) is 114 Å².